The Bertz CT molecular complexity index is 978. The number of fused-ring (bicyclic) bond motifs is 1. The van der Waals surface area contributed by atoms with Gasteiger partial charge in [0, 0.05) is 25.1 Å². The van der Waals surface area contributed by atoms with Crippen molar-refractivity contribution in [2.75, 3.05) is 20.8 Å². The number of methoxy groups -OCH3 is 2. The van der Waals surface area contributed by atoms with Crippen molar-refractivity contribution in [2.24, 2.45) is 0 Å². The molecule has 0 aliphatic rings. The van der Waals surface area contributed by atoms with Crippen molar-refractivity contribution in [2.45, 2.75) is 19.4 Å². The molecule has 3 rings (SSSR count). The highest BCUT2D eigenvalue weighted by atomic mass is 16.5. The van der Waals surface area contributed by atoms with Crippen molar-refractivity contribution in [1.82, 2.24) is 14.9 Å². The highest BCUT2D eigenvalue weighted by molar-refractivity contribution is 5.94. The van der Waals surface area contributed by atoms with Crippen LogP contribution in [0.3, 0.4) is 0 Å². The van der Waals surface area contributed by atoms with Crippen LogP contribution in [0.4, 0.5) is 0 Å². The Kier molecular flexibility index (Phi) is 6.32. The maximum atomic E-state index is 12.4. The van der Waals surface area contributed by atoms with Gasteiger partial charge in [0.1, 0.15) is 5.82 Å². The molecule has 0 unspecified atom stereocenters. The summed E-state index contributed by atoms with van der Waals surface area (Å²) in [5.41, 5.74) is 2.62. The van der Waals surface area contributed by atoms with Crippen molar-refractivity contribution in [3.8, 4) is 11.5 Å². The van der Waals surface area contributed by atoms with Crippen LogP contribution in [-0.4, -0.2) is 36.2 Å². The first-order valence-corrected chi connectivity index (χ1v) is 9.23. The Morgan fingerprint density at radius 1 is 1.18 bits per heavy atom. The normalized spacial score (nSPS) is 10.6. The van der Waals surface area contributed by atoms with Crippen LogP contribution in [0.1, 0.15) is 22.6 Å². The molecule has 6 heteroatoms. The van der Waals surface area contributed by atoms with Crippen molar-refractivity contribution in [1.29, 1.82) is 0 Å². The third kappa shape index (κ3) is 4.17. The fourth-order valence-electron chi connectivity index (χ4n) is 3.18. The molecule has 0 radical (unpaired) electrons. The zero-order valence-electron chi connectivity index (χ0n) is 16.3. The number of nitrogens with one attached hydrogen (secondary N) is 1. The highest BCUT2D eigenvalue weighted by Gasteiger charge is 2.12. The minimum absolute atomic E-state index is 0.138. The highest BCUT2D eigenvalue weighted by Crippen LogP contribution is 2.27. The van der Waals surface area contributed by atoms with Gasteiger partial charge in [0.15, 0.2) is 11.5 Å². The summed E-state index contributed by atoms with van der Waals surface area (Å²) in [6.07, 6.45) is 3.44. The van der Waals surface area contributed by atoms with Crippen LogP contribution in [-0.2, 0) is 13.0 Å². The Hall–Kier alpha value is -3.28. The molecule has 2 aromatic carbocycles. The zero-order chi connectivity index (χ0) is 19.9. The standard InChI is InChI=1S/C22H25N3O3/c1-4-14-25-18-9-6-5-8-17(18)24-21(25)10-7-13-23-22(26)16-11-12-19(27-2)20(15-16)28-3/h4-6,8-9,11-12,15H,1,7,10,13-14H2,2-3H3,(H,23,26). The Balaban J connectivity index is 1.60. The van der Waals surface area contributed by atoms with Crippen molar-refractivity contribution in [3.63, 3.8) is 0 Å². The quantitative estimate of drug-likeness (QED) is 0.456. The summed E-state index contributed by atoms with van der Waals surface area (Å²) in [5, 5.41) is 2.95. The van der Waals surface area contributed by atoms with Crippen LogP contribution >= 0.6 is 0 Å². The molecule has 3 aromatic rings. The second kappa shape index (κ2) is 9.08. The van der Waals surface area contributed by atoms with Gasteiger partial charge in [0.25, 0.3) is 5.91 Å². The van der Waals surface area contributed by atoms with Crippen molar-refractivity contribution in [3.05, 3.63) is 66.5 Å². The first kappa shape index (κ1) is 19.5. The van der Waals surface area contributed by atoms with Crippen LogP contribution in [0.15, 0.2) is 55.1 Å². The SMILES string of the molecule is C=CCn1c(CCCNC(=O)c2ccc(OC)c(OC)c2)nc2ccccc21. The number of aromatic nitrogens is 2. The molecule has 1 N–H and O–H groups in total. The van der Waals surface area contributed by atoms with E-state index in [0.717, 1.165) is 29.7 Å². The van der Waals surface area contributed by atoms with Gasteiger partial charge in [-0.3, -0.25) is 4.79 Å². The fraction of sp³-hybridized carbons (Fsp3) is 0.273. The fourth-order valence-corrected chi connectivity index (χ4v) is 3.18. The lowest BCUT2D eigenvalue weighted by Gasteiger charge is -2.10. The van der Waals surface area contributed by atoms with Gasteiger partial charge in [-0.05, 0) is 36.8 Å². The van der Waals surface area contributed by atoms with E-state index < -0.39 is 0 Å². The van der Waals surface area contributed by atoms with Gasteiger partial charge >= 0.3 is 0 Å². The monoisotopic (exact) mass is 379 g/mol. The van der Waals surface area contributed by atoms with Crippen LogP contribution in [0.25, 0.3) is 11.0 Å². The summed E-state index contributed by atoms with van der Waals surface area (Å²) >= 11 is 0. The van der Waals surface area contributed by atoms with Gasteiger partial charge in [0.05, 0.1) is 25.3 Å². The molecule has 1 heterocycles. The number of amides is 1. The summed E-state index contributed by atoms with van der Waals surface area (Å²) in [5.74, 6) is 2.00. The molecule has 0 spiro atoms. The molecule has 0 aliphatic carbocycles. The lowest BCUT2D eigenvalue weighted by Crippen LogP contribution is -2.25. The van der Waals surface area contributed by atoms with Gasteiger partial charge in [-0.25, -0.2) is 4.98 Å². The number of nitrogens with zero attached hydrogens (tertiary/aromatic N) is 2. The molecule has 0 fully saturated rings. The van der Waals surface area contributed by atoms with Crippen LogP contribution in [0.5, 0.6) is 11.5 Å². The summed E-state index contributed by atoms with van der Waals surface area (Å²) in [7, 11) is 3.12. The number of aryl methyl sites for hydroxylation is 1. The zero-order valence-corrected chi connectivity index (χ0v) is 16.3. The summed E-state index contributed by atoms with van der Waals surface area (Å²) in [6.45, 7) is 5.11. The first-order valence-electron chi connectivity index (χ1n) is 9.23. The Morgan fingerprint density at radius 3 is 2.71 bits per heavy atom. The number of rotatable bonds is 9. The van der Waals surface area contributed by atoms with Gasteiger partial charge in [-0.15, -0.1) is 6.58 Å². The van der Waals surface area contributed by atoms with E-state index in [1.54, 1.807) is 32.4 Å². The smallest absolute Gasteiger partial charge is 0.251 e. The summed E-state index contributed by atoms with van der Waals surface area (Å²) < 4.78 is 12.6. The van der Waals surface area contributed by atoms with Crippen LogP contribution < -0.4 is 14.8 Å². The molecular weight excluding hydrogens is 354 g/mol. The number of para-hydroxylation sites is 2. The predicted molar refractivity (Wildman–Crippen MR) is 110 cm³/mol. The van der Waals surface area contributed by atoms with Crippen molar-refractivity contribution < 1.29 is 14.3 Å². The molecular formula is C22H25N3O3. The predicted octanol–water partition coefficient (Wildman–Crippen LogP) is 3.60. The topological polar surface area (TPSA) is 65.4 Å². The van der Waals surface area contributed by atoms with E-state index in [9.17, 15) is 4.79 Å². The first-order chi connectivity index (χ1) is 13.7. The number of allylic oxidation sites excluding steroid dienone is 1. The van der Waals surface area contributed by atoms with Crippen LogP contribution in [0.2, 0.25) is 0 Å². The van der Waals surface area contributed by atoms with E-state index in [4.69, 9.17) is 14.5 Å². The molecule has 0 saturated heterocycles. The van der Waals surface area contributed by atoms with Gasteiger partial charge in [0.2, 0.25) is 0 Å². The largest absolute Gasteiger partial charge is 0.493 e. The molecule has 146 valence electrons. The average molecular weight is 379 g/mol. The van der Waals surface area contributed by atoms with Crippen molar-refractivity contribution >= 4 is 16.9 Å². The van der Waals surface area contributed by atoms with E-state index in [0.29, 0.717) is 30.2 Å². The Labute approximate surface area is 164 Å². The molecule has 0 bridgehead atoms. The number of hydrogen-bond acceptors (Lipinski definition) is 4. The summed E-state index contributed by atoms with van der Waals surface area (Å²) in [6, 6.07) is 13.2. The lowest BCUT2D eigenvalue weighted by molar-refractivity contribution is 0.0952. The van der Waals surface area contributed by atoms with E-state index in [2.05, 4.69) is 22.5 Å². The van der Waals surface area contributed by atoms with E-state index >= 15 is 0 Å². The molecule has 0 saturated carbocycles. The Morgan fingerprint density at radius 2 is 1.96 bits per heavy atom. The molecule has 1 amide bonds. The van der Waals surface area contributed by atoms with Gasteiger partial charge < -0.3 is 19.4 Å². The molecule has 6 nitrogen and oxygen atoms in total. The number of carbonyl (C=O) groups excluding carboxylic acids is 1. The van der Waals surface area contributed by atoms with E-state index in [-0.39, 0.29) is 5.91 Å². The molecule has 28 heavy (non-hydrogen) atoms. The van der Waals surface area contributed by atoms with Gasteiger partial charge in [-0.2, -0.15) is 0 Å². The molecule has 0 aliphatic heterocycles. The minimum atomic E-state index is -0.138. The van der Waals surface area contributed by atoms with Gasteiger partial charge in [-0.1, -0.05) is 18.2 Å². The number of hydrogen-bond donors (Lipinski definition) is 1. The third-order valence-electron chi connectivity index (χ3n) is 4.55. The maximum absolute atomic E-state index is 12.4. The number of imidazole rings is 1. The molecule has 0 atom stereocenters. The average Bonchev–Trinajstić information content (AvgIpc) is 3.08. The summed E-state index contributed by atoms with van der Waals surface area (Å²) in [4.78, 5) is 17.1. The van der Waals surface area contributed by atoms with Crippen LogP contribution in [0, 0.1) is 0 Å². The minimum Gasteiger partial charge on any atom is -0.493 e. The number of ether oxygens (including phenoxy) is 2. The molecule has 1 aromatic heterocycles. The third-order valence-corrected chi connectivity index (χ3v) is 4.55. The second-order valence-electron chi connectivity index (χ2n) is 6.35. The number of carbonyl (C=O) groups is 1. The number of benzene rings is 2. The maximum Gasteiger partial charge on any atom is 0.251 e. The van der Waals surface area contributed by atoms with E-state index in [1.165, 1.54) is 0 Å². The second-order valence-corrected chi connectivity index (χ2v) is 6.35. The van der Waals surface area contributed by atoms with E-state index in [1.807, 2.05) is 24.3 Å². The lowest BCUT2D eigenvalue weighted by atomic mass is 10.2.